The summed E-state index contributed by atoms with van der Waals surface area (Å²) in [6.07, 6.45) is 0. The number of nitrogens with one attached hydrogen (secondary N) is 2. The largest absolute Gasteiger partial charge is 0.497 e. The van der Waals surface area contributed by atoms with Crippen LogP contribution >= 0.6 is 11.8 Å². The van der Waals surface area contributed by atoms with Gasteiger partial charge in [0, 0.05) is 11.3 Å². The predicted octanol–water partition coefficient (Wildman–Crippen LogP) is 3.37. The second-order valence-electron chi connectivity index (χ2n) is 6.29. The Morgan fingerprint density at radius 3 is 2.35 bits per heavy atom. The molecule has 1 amide bonds. The van der Waals surface area contributed by atoms with Gasteiger partial charge in [-0.25, -0.2) is 9.37 Å². The number of rotatable bonds is 6. The summed E-state index contributed by atoms with van der Waals surface area (Å²) < 4.78 is 18.4. The first-order chi connectivity index (χ1) is 15.0. The average Bonchev–Trinajstić information content (AvgIpc) is 2.78. The van der Waals surface area contributed by atoms with Crippen molar-refractivity contribution in [3.63, 3.8) is 0 Å². The molecule has 0 fully saturated rings. The quantitative estimate of drug-likeness (QED) is 0.573. The molecule has 154 valence electrons. The maximum absolute atomic E-state index is 13.3. The maximum atomic E-state index is 13.3. The van der Waals surface area contributed by atoms with Crippen LogP contribution in [0.2, 0.25) is 0 Å². The number of pyridine rings is 1. The number of halogens is 1. The van der Waals surface area contributed by atoms with E-state index in [9.17, 15) is 19.7 Å². The minimum Gasteiger partial charge on any atom is -0.497 e. The van der Waals surface area contributed by atoms with Crippen LogP contribution in [-0.2, 0) is 4.79 Å². The van der Waals surface area contributed by atoms with E-state index in [1.54, 1.807) is 31.4 Å². The molecular weight excluding hydrogens is 417 g/mol. The summed E-state index contributed by atoms with van der Waals surface area (Å²) in [5, 5.41) is 22.4. The van der Waals surface area contributed by atoms with Gasteiger partial charge >= 0.3 is 0 Å². The maximum Gasteiger partial charge on any atom is 0.289 e. The van der Waals surface area contributed by atoms with Gasteiger partial charge in [0.05, 0.1) is 12.9 Å². The topological polar surface area (TPSA) is 126 Å². The number of amides is 1. The van der Waals surface area contributed by atoms with E-state index in [0.29, 0.717) is 27.6 Å². The molecule has 0 radical (unpaired) electrons. The SMILES string of the molecule is COc1ccc(NC(=O)CSc2[nH+]c(N)c(C#N)c(-c3ccc(F)cc3)c2C#N)cc1. The molecule has 2 aromatic carbocycles. The summed E-state index contributed by atoms with van der Waals surface area (Å²) in [7, 11) is 1.55. The Morgan fingerprint density at radius 1 is 1.13 bits per heavy atom. The number of hydrogen-bond acceptors (Lipinski definition) is 6. The van der Waals surface area contributed by atoms with Crippen LogP contribution in [0, 0.1) is 28.5 Å². The lowest BCUT2D eigenvalue weighted by molar-refractivity contribution is -0.410. The third-order valence-electron chi connectivity index (χ3n) is 4.32. The van der Waals surface area contributed by atoms with Gasteiger partial charge in [-0.2, -0.15) is 10.5 Å². The van der Waals surface area contributed by atoms with E-state index in [1.807, 2.05) is 6.07 Å². The molecule has 0 spiro atoms. The van der Waals surface area contributed by atoms with Crippen LogP contribution in [0.25, 0.3) is 11.1 Å². The summed E-state index contributed by atoms with van der Waals surface area (Å²) in [5.41, 5.74) is 7.59. The molecule has 7 nitrogen and oxygen atoms in total. The number of methoxy groups -OCH3 is 1. The van der Waals surface area contributed by atoms with E-state index in [-0.39, 0.29) is 28.6 Å². The van der Waals surface area contributed by atoms with Crippen LogP contribution in [-0.4, -0.2) is 18.8 Å². The van der Waals surface area contributed by atoms with Gasteiger partial charge in [0.1, 0.15) is 34.8 Å². The second kappa shape index (κ2) is 9.61. The molecule has 0 aliphatic carbocycles. The number of nitrogen functional groups attached to an aromatic ring is 1. The van der Waals surface area contributed by atoms with E-state index >= 15 is 0 Å². The van der Waals surface area contributed by atoms with Gasteiger partial charge in [0.15, 0.2) is 5.03 Å². The van der Waals surface area contributed by atoms with E-state index in [1.165, 1.54) is 24.3 Å². The average molecular weight is 434 g/mol. The third-order valence-corrected chi connectivity index (χ3v) is 5.32. The molecule has 31 heavy (non-hydrogen) atoms. The molecule has 0 atom stereocenters. The fourth-order valence-electron chi connectivity index (χ4n) is 2.87. The number of ether oxygens (including phenoxy) is 1. The molecular formula is C22H17FN5O2S+. The first-order valence-corrected chi connectivity index (χ1v) is 9.97. The Hall–Kier alpha value is -4.08. The minimum atomic E-state index is -0.443. The van der Waals surface area contributed by atoms with Crippen LogP contribution < -0.4 is 20.8 Å². The van der Waals surface area contributed by atoms with Gasteiger partial charge in [-0.3, -0.25) is 10.5 Å². The Bertz CT molecular complexity index is 1200. The van der Waals surface area contributed by atoms with Crippen LogP contribution in [0.15, 0.2) is 53.6 Å². The molecule has 0 saturated carbocycles. The number of nitrogens with zero attached hydrogens (tertiary/aromatic N) is 2. The van der Waals surface area contributed by atoms with Gasteiger partial charge in [-0.05, 0) is 42.0 Å². The van der Waals surface area contributed by atoms with Crippen molar-refractivity contribution >= 4 is 29.2 Å². The lowest BCUT2D eigenvalue weighted by atomic mass is 9.97. The van der Waals surface area contributed by atoms with Crippen molar-refractivity contribution < 1.29 is 18.9 Å². The van der Waals surface area contributed by atoms with Crippen molar-refractivity contribution in [3.05, 3.63) is 65.5 Å². The zero-order valence-electron chi connectivity index (χ0n) is 16.4. The molecule has 0 aliphatic heterocycles. The van der Waals surface area contributed by atoms with Crippen molar-refractivity contribution in [2.24, 2.45) is 0 Å². The molecule has 9 heteroatoms. The van der Waals surface area contributed by atoms with E-state index in [0.717, 1.165) is 11.8 Å². The Kier molecular flexibility index (Phi) is 6.71. The molecule has 3 rings (SSSR count). The highest BCUT2D eigenvalue weighted by atomic mass is 32.2. The number of H-pyrrole nitrogens is 1. The Labute approximate surface area is 182 Å². The van der Waals surface area contributed by atoms with Gasteiger partial charge in [-0.1, -0.05) is 23.9 Å². The highest BCUT2D eigenvalue weighted by Gasteiger charge is 2.24. The van der Waals surface area contributed by atoms with Crippen LogP contribution in [0.3, 0.4) is 0 Å². The Balaban J connectivity index is 1.87. The van der Waals surface area contributed by atoms with Gasteiger partial charge in [0.2, 0.25) is 5.91 Å². The third kappa shape index (κ3) is 4.92. The van der Waals surface area contributed by atoms with Crippen molar-refractivity contribution in [2.75, 3.05) is 23.9 Å². The van der Waals surface area contributed by atoms with Crippen molar-refractivity contribution in [1.29, 1.82) is 10.5 Å². The summed E-state index contributed by atoms with van der Waals surface area (Å²) in [5.74, 6) is -0.0218. The summed E-state index contributed by atoms with van der Waals surface area (Å²) >= 11 is 1.07. The smallest absolute Gasteiger partial charge is 0.289 e. The highest BCUT2D eigenvalue weighted by Crippen LogP contribution is 2.33. The van der Waals surface area contributed by atoms with Crippen molar-refractivity contribution in [2.45, 2.75) is 5.03 Å². The van der Waals surface area contributed by atoms with Crippen LogP contribution in [0.5, 0.6) is 5.75 Å². The van der Waals surface area contributed by atoms with E-state index in [4.69, 9.17) is 10.5 Å². The van der Waals surface area contributed by atoms with Crippen molar-refractivity contribution in [1.82, 2.24) is 0 Å². The molecule has 0 unspecified atom stereocenters. The highest BCUT2D eigenvalue weighted by molar-refractivity contribution is 7.99. The van der Waals surface area contributed by atoms with Crippen molar-refractivity contribution in [3.8, 4) is 29.0 Å². The molecule has 4 N–H and O–H groups in total. The number of carbonyl (C=O) groups is 1. The standard InChI is InChI=1S/C22H16FN5O2S/c1-30-16-8-6-15(7-9-16)27-19(29)12-31-22-18(11-25)20(17(10-24)21(26)28-22)13-2-4-14(23)5-3-13/h2-9H,12H2,1H3,(H2,26,28)(H,27,29)/p+1. The number of hydrogen-bond donors (Lipinski definition) is 2. The number of aromatic amines is 1. The molecule has 0 aliphatic rings. The minimum absolute atomic E-state index is 0.00852. The molecule has 1 aromatic heterocycles. The lowest BCUT2D eigenvalue weighted by Gasteiger charge is -2.10. The molecule has 1 heterocycles. The number of benzene rings is 2. The summed E-state index contributed by atoms with van der Waals surface area (Å²) in [4.78, 5) is 15.2. The number of nitrogens with two attached hydrogens (primary N) is 1. The van der Waals surface area contributed by atoms with E-state index < -0.39 is 5.82 Å². The fourth-order valence-corrected chi connectivity index (χ4v) is 3.69. The molecule has 0 saturated heterocycles. The molecule has 0 bridgehead atoms. The number of carbonyl (C=O) groups excluding carboxylic acids is 1. The number of thioether (sulfide) groups is 1. The van der Waals surface area contributed by atoms with Gasteiger partial charge in [0.25, 0.3) is 5.82 Å². The van der Waals surface area contributed by atoms with Crippen LogP contribution in [0.4, 0.5) is 15.9 Å². The first-order valence-electron chi connectivity index (χ1n) is 8.98. The zero-order chi connectivity index (χ0) is 22.4. The number of nitriles is 2. The second-order valence-corrected chi connectivity index (χ2v) is 7.27. The van der Waals surface area contributed by atoms with E-state index in [2.05, 4.69) is 16.4 Å². The predicted molar refractivity (Wildman–Crippen MR) is 115 cm³/mol. The monoisotopic (exact) mass is 434 g/mol. The van der Waals surface area contributed by atoms with Crippen LogP contribution in [0.1, 0.15) is 11.1 Å². The van der Waals surface area contributed by atoms with Gasteiger partial charge < -0.3 is 10.1 Å². The Morgan fingerprint density at radius 2 is 1.77 bits per heavy atom. The summed E-state index contributed by atoms with van der Waals surface area (Å²) in [6.45, 7) is 0. The zero-order valence-corrected chi connectivity index (χ0v) is 17.2. The first kappa shape index (κ1) is 21.6. The number of aromatic nitrogens is 1. The summed E-state index contributed by atoms with van der Waals surface area (Å²) in [6, 6.07) is 16.3. The fraction of sp³-hybridized carbons (Fsp3) is 0.0909. The van der Waals surface area contributed by atoms with Gasteiger partial charge in [-0.15, -0.1) is 0 Å². The lowest BCUT2D eigenvalue weighted by Crippen LogP contribution is -2.21. The number of anilines is 2. The normalized spacial score (nSPS) is 10.1. The molecule has 3 aromatic rings.